The third-order valence-corrected chi connectivity index (χ3v) is 1.94. The van der Waals surface area contributed by atoms with E-state index in [1.54, 1.807) is 0 Å². The lowest BCUT2D eigenvalue weighted by atomic mass is 10.4. The van der Waals surface area contributed by atoms with Crippen molar-refractivity contribution >= 4 is 12.3 Å². The summed E-state index contributed by atoms with van der Waals surface area (Å²) in [4.78, 5) is 22.1. The first-order chi connectivity index (χ1) is 9.88. The van der Waals surface area contributed by atoms with Crippen LogP contribution in [0.1, 0.15) is 6.92 Å². The van der Waals surface area contributed by atoms with Gasteiger partial charge in [0, 0.05) is 0 Å². The molecule has 3 unspecified atom stereocenters. The van der Waals surface area contributed by atoms with Crippen molar-refractivity contribution in [2.75, 3.05) is 33.0 Å². The Bertz CT molecular complexity index is 307. The van der Waals surface area contributed by atoms with Gasteiger partial charge in [-0.05, 0) is 6.92 Å². The molecule has 21 heavy (non-hydrogen) atoms. The summed E-state index contributed by atoms with van der Waals surface area (Å²) < 4.78 is 18.1. The van der Waals surface area contributed by atoms with Gasteiger partial charge >= 0.3 is 12.3 Å². The van der Waals surface area contributed by atoms with Crippen molar-refractivity contribution in [2.24, 2.45) is 0 Å². The zero-order valence-electron chi connectivity index (χ0n) is 11.5. The van der Waals surface area contributed by atoms with Crippen LogP contribution in [-0.4, -0.2) is 84.1 Å². The van der Waals surface area contributed by atoms with Gasteiger partial charge in [-0.1, -0.05) is 0 Å². The first-order valence-corrected chi connectivity index (χ1v) is 6.09. The fourth-order valence-electron chi connectivity index (χ4n) is 0.893. The fraction of sp³-hybridized carbons (Fsp3) is 0.818. The molecule has 4 N–H and O–H groups in total. The lowest BCUT2D eigenvalue weighted by Gasteiger charge is -2.14. The highest BCUT2D eigenvalue weighted by atomic mass is 16.8. The summed E-state index contributed by atoms with van der Waals surface area (Å²) in [6.45, 7) is -0.864. The van der Waals surface area contributed by atoms with Crippen LogP contribution in [0.4, 0.5) is 9.59 Å². The average Bonchev–Trinajstić information content (AvgIpc) is 2.47. The summed E-state index contributed by atoms with van der Waals surface area (Å²) in [5, 5.41) is 34.8. The highest BCUT2D eigenvalue weighted by molar-refractivity contribution is 5.61. The normalized spacial score (nSPS) is 14.7. The van der Waals surface area contributed by atoms with Crippen LogP contribution in [0.5, 0.6) is 0 Å². The number of hydrogen-bond donors (Lipinski definition) is 4. The predicted molar refractivity (Wildman–Crippen MR) is 65.4 cm³/mol. The third-order valence-electron chi connectivity index (χ3n) is 1.94. The van der Waals surface area contributed by atoms with Crippen LogP contribution in [-0.2, 0) is 18.9 Å². The SMILES string of the molecule is CC(COC(=O)OCC(O)CO)OC(=O)OCC(O)CO. The van der Waals surface area contributed by atoms with Crippen molar-refractivity contribution in [3.05, 3.63) is 0 Å². The number of rotatable bonds is 9. The Labute approximate surface area is 120 Å². The second-order valence-corrected chi connectivity index (χ2v) is 4.03. The molecular weight excluding hydrogens is 292 g/mol. The third kappa shape index (κ3) is 10.8. The number of carbonyl (C=O) groups excluding carboxylic acids is 2. The molecule has 0 heterocycles. The van der Waals surface area contributed by atoms with E-state index in [0.29, 0.717) is 0 Å². The molecule has 0 aromatic heterocycles. The Balaban J connectivity index is 3.76. The van der Waals surface area contributed by atoms with Crippen LogP contribution >= 0.6 is 0 Å². The van der Waals surface area contributed by atoms with Gasteiger partial charge in [0.15, 0.2) is 0 Å². The van der Waals surface area contributed by atoms with E-state index < -0.39 is 57.1 Å². The van der Waals surface area contributed by atoms with Gasteiger partial charge in [-0.3, -0.25) is 0 Å². The molecule has 0 saturated heterocycles. The molecular formula is C11H20O10. The quantitative estimate of drug-likeness (QED) is 0.366. The molecule has 3 atom stereocenters. The van der Waals surface area contributed by atoms with Gasteiger partial charge in [0.2, 0.25) is 0 Å². The Hall–Kier alpha value is -1.62. The van der Waals surface area contributed by atoms with E-state index >= 15 is 0 Å². The van der Waals surface area contributed by atoms with Crippen molar-refractivity contribution in [3.8, 4) is 0 Å². The molecule has 0 aromatic carbocycles. The molecule has 0 amide bonds. The van der Waals surface area contributed by atoms with E-state index in [1.807, 2.05) is 0 Å². The van der Waals surface area contributed by atoms with Crippen molar-refractivity contribution in [3.63, 3.8) is 0 Å². The lowest BCUT2D eigenvalue weighted by Crippen LogP contribution is -2.27. The first kappa shape index (κ1) is 19.4. The van der Waals surface area contributed by atoms with Gasteiger partial charge in [-0.2, -0.15) is 0 Å². The van der Waals surface area contributed by atoms with E-state index in [4.69, 9.17) is 20.4 Å². The summed E-state index contributed by atoms with van der Waals surface area (Å²) in [5.41, 5.74) is 0. The van der Waals surface area contributed by atoms with E-state index in [1.165, 1.54) is 6.92 Å². The molecule has 0 fully saturated rings. The molecule has 10 nitrogen and oxygen atoms in total. The highest BCUT2D eigenvalue weighted by Crippen LogP contribution is 1.98. The molecule has 0 spiro atoms. The second kappa shape index (κ2) is 11.1. The summed E-state index contributed by atoms with van der Waals surface area (Å²) >= 11 is 0. The number of aliphatic hydroxyl groups is 4. The number of ether oxygens (including phenoxy) is 4. The summed E-state index contributed by atoms with van der Waals surface area (Å²) in [5.74, 6) is 0. The van der Waals surface area contributed by atoms with Crippen molar-refractivity contribution in [2.45, 2.75) is 25.2 Å². The van der Waals surface area contributed by atoms with Crippen molar-refractivity contribution in [1.29, 1.82) is 0 Å². The molecule has 0 radical (unpaired) electrons. The Kier molecular flexibility index (Phi) is 10.2. The maximum atomic E-state index is 11.1. The molecule has 0 aliphatic heterocycles. The molecule has 0 saturated carbocycles. The largest absolute Gasteiger partial charge is 0.508 e. The molecule has 0 aromatic rings. The zero-order chi connectivity index (χ0) is 16.3. The zero-order valence-corrected chi connectivity index (χ0v) is 11.5. The van der Waals surface area contributed by atoms with E-state index in [-0.39, 0.29) is 6.61 Å². The fourth-order valence-corrected chi connectivity index (χ4v) is 0.893. The van der Waals surface area contributed by atoms with Crippen LogP contribution in [0.15, 0.2) is 0 Å². The molecule has 0 aliphatic carbocycles. The predicted octanol–water partition coefficient (Wildman–Crippen LogP) is -1.61. The minimum Gasteiger partial charge on any atom is -0.431 e. The van der Waals surface area contributed by atoms with Crippen LogP contribution in [0.2, 0.25) is 0 Å². The smallest absolute Gasteiger partial charge is 0.431 e. The summed E-state index contributed by atoms with van der Waals surface area (Å²) in [6.07, 6.45) is -5.42. The summed E-state index contributed by atoms with van der Waals surface area (Å²) in [7, 11) is 0. The Morgan fingerprint density at radius 3 is 1.76 bits per heavy atom. The van der Waals surface area contributed by atoms with E-state index in [9.17, 15) is 9.59 Å². The minimum atomic E-state index is -1.20. The topological polar surface area (TPSA) is 152 Å². The van der Waals surface area contributed by atoms with Gasteiger partial charge in [0.05, 0.1) is 13.2 Å². The first-order valence-electron chi connectivity index (χ1n) is 6.09. The van der Waals surface area contributed by atoms with Gasteiger partial charge in [0.25, 0.3) is 0 Å². The standard InChI is InChI=1S/C11H20O10/c1-7(21-11(17)20-6-9(15)3-13)4-18-10(16)19-5-8(14)2-12/h7-9,12-15H,2-6H2,1H3. The van der Waals surface area contributed by atoms with Gasteiger partial charge in [-0.15, -0.1) is 0 Å². The van der Waals surface area contributed by atoms with Crippen LogP contribution < -0.4 is 0 Å². The lowest BCUT2D eigenvalue weighted by molar-refractivity contribution is -0.0358. The number of carbonyl (C=O) groups is 2. The van der Waals surface area contributed by atoms with Crippen molar-refractivity contribution < 1.29 is 49.0 Å². The molecule has 10 heteroatoms. The molecule has 0 aliphatic rings. The second-order valence-electron chi connectivity index (χ2n) is 4.03. The van der Waals surface area contributed by atoms with Crippen LogP contribution in [0.25, 0.3) is 0 Å². The van der Waals surface area contributed by atoms with Gasteiger partial charge in [-0.25, -0.2) is 9.59 Å². The number of hydrogen-bond acceptors (Lipinski definition) is 10. The Morgan fingerprint density at radius 2 is 1.29 bits per heavy atom. The summed E-state index contributed by atoms with van der Waals surface area (Å²) in [6, 6.07) is 0. The maximum absolute atomic E-state index is 11.1. The molecule has 0 bridgehead atoms. The molecule has 124 valence electrons. The van der Waals surface area contributed by atoms with E-state index in [0.717, 1.165) is 0 Å². The molecule has 0 rings (SSSR count). The Morgan fingerprint density at radius 1 is 0.857 bits per heavy atom. The van der Waals surface area contributed by atoms with Gasteiger partial charge in [0.1, 0.15) is 38.1 Å². The van der Waals surface area contributed by atoms with Crippen molar-refractivity contribution in [1.82, 2.24) is 0 Å². The number of aliphatic hydroxyl groups excluding tert-OH is 4. The average molecular weight is 312 g/mol. The monoisotopic (exact) mass is 312 g/mol. The van der Waals surface area contributed by atoms with Crippen LogP contribution in [0, 0.1) is 0 Å². The van der Waals surface area contributed by atoms with Crippen LogP contribution in [0.3, 0.4) is 0 Å². The highest BCUT2D eigenvalue weighted by Gasteiger charge is 2.16. The van der Waals surface area contributed by atoms with E-state index in [2.05, 4.69) is 18.9 Å². The minimum absolute atomic E-state index is 0.314. The van der Waals surface area contributed by atoms with Gasteiger partial charge < -0.3 is 39.4 Å². The maximum Gasteiger partial charge on any atom is 0.508 e.